The Morgan fingerprint density at radius 1 is 1.15 bits per heavy atom. The zero-order chi connectivity index (χ0) is 19.1. The third-order valence-electron chi connectivity index (χ3n) is 3.85. The van der Waals surface area contributed by atoms with Crippen LogP contribution in [0.2, 0.25) is 0 Å². The number of methoxy groups -OCH3 is 1. The molecule has 2 aromatic carbocycles. The molecule has 0 aliphatic heterocycles. The van der Waals surface area contributed by atoms with Crippen LogP contribution in [-0.2, 0) is 4.79 Å². The van der Waals surface area contributed by atoms with E-state index >= 15 is 0 Å². The van der Waals surface area contributed by atoms with E-state index < -0.39 is 12.0 Å². The molecule has 0 fully saturated rings. The van der Waals surface area contributed by atoms with Crippen LogP contribution in [0.25, 0.3) is 0 Å². The van der Waals surface area contributed by atoms with Crippen LogP contribution in [0.15, 0.2) is 42.5 Å². The van der Waals surface area contributed by atoms with Crippen molar-refractivity contribution in [1.82, 2.24) is 5.32 Å². The normalized spacial score (nSPS) is 11.5. The maximum absolute atomic E-state index is 12.5. The standard InChI is InChI=1S/C20H23NO5/c1-4-26-17-9-8-14(11-18(17)25-3)16(12-19(22)23)21-20(24)15-7-5-6-13(2)10-15/h5-11,16H,4,12H2,1-3H3,(H,21,24)(H,22,23)/p-1/t16-/m0/s1. The third-order valence-corrected chi connectivity index (χ3v) is 3.85. The first kappa shape index (κ1) is 19.3. The van der Waals surface area contributed by atoms with Gasteiger partial charge in [0, 0.05) is 18.0 Å². The molecule has 0 bridgehead atoms. The third kappa shape index (κ3) is 4.99. The monoisotopic (exact) mass is 356 g/mol. The molecule has 0 heterocycles. The van der Waals surface area contributed by atoms with Crippen LogP contribution in [0.5, 0.6) is 11.5 Å². The number of carbonyl (C=O) groups excluding carboxylic acids is 2. The first-order chi connectivity index (χ1) is 12.4. The number of rotatable bonds is 8. The Morgan fingerprint density at radius 3 is 2.54 bits per heavy atom. The van der Waals surface area contributed by atoms with E-state index in [1.807, 2.05) is 19.9 Å². The van der Waals surface area contributed by atoms with E-state index in [1.54, 1.807) is 36.4 Å². The molecule has 6 heteroatoms. The quantitative estimate of drug-likeness (QED) is 0.782. The number of nitrogens with one attached hydrogen (secondary N) is 1. The highest BCUT2D eigenvalue weighted by Gasteiger charge is 2.18. The molecule has 1 atom stereocenters. The largest absolute Gasteiger partial charge is 0.550 e. The summed E-state index contributed by atoms with van der Waals surface area (Å²) in [7, 11) is 1.50. The molecule has 0 aliphatic rings. The molecule has 0 radical (unpaired) electrons. The van der Waals surface area contributed by atoms with Crippen molar-refractivity contribution in [2.24, 2.45) is 0 Å². The second-order valence-electron chi connectivity index (χ2n) is 5.81. The zero-order valence-corrected chi connectivity index (χ0v) is 15.1. The summed E-state index contributed by atoms with van der Waals surface area (Å²) in [6.07, 6.45) is -0.352. The van der Waals surface area contributed by atoms with Gasteiger partial charge in [0.25, 0.3) is 5.91 Å². The van der Waals surface area contributed by atoms with Crippen LogP contribution in [-0.4, -0.2) is 25.6 Å². The van der Waals surface area contributed by atoms with Crippen LogP contribution in [0.1, 0.15) is 40.9 Å². The van der Waals surface area contributed by atoms with Crippen LogP contribution in [0.4, 0.5) is 0 Å². The molecule has 2 rings (SSSR count). The summed E-state index contributed by atoms with van der Waals surface area (Å²) in [5.74, 6) is -0.589. The van der Waals surface area contributed by atoms with Crippen LogP contribution >= 0.6 is 0 Å². The van der Waals surface area contributed by atoms with Gasteiger partial charge in [-0.2, -0.15) is 0 Å². The number of carboxylic acid groups (broad SMARTS) is 1. The summed E-state index contributed by atoms with van der Waals surface area (Å²) in [6, 6.07) is 11.4. The van der Waals surface area contributed by atoms with Crippen molar-refractivity contribution in [3.63, 3.8) is 0 Å². The minimum Gasteiger partial charge on any atom is -0.550 e. The zero-order valence-electron chi connectivity index (χ0n) is 15.1. The summed E-state index contributed by atoms with van der Waals surface area (Å²) in [5.41, 5.74) is 2.00. The van der Waals surface area contributed by atoms with E-state index in [0.29, 0.717) is 29.2 Å². The van der Waals surface area contributed by atoms with E-state index in [-0.39, 0.29) is 12.3 Å². The fraction of sp³-hybridized carbons (Fsp3) is 0.300. The molecule has 138 valence electrons. The Bertz CT molecular complexity index is 788. The Kier molecular flexibility index (Phi) is 6.60. The van der Waals surface area contributed by atoms with E-state index in [4.69, 9.17) is 9.47 Å². The molecule has 0 aromatic heterocycles. The molecule has 0 unspecified atom stereocenters. The van der Waals surface area contributed by atoms with Crippen molar-refractivity contribution in [2.45, 2.75) is 26.3 Å². The molecule has 0 aliphatic carbocycles. The molecule has 6 nitrogen and oxygen atoms in total. The van der Waals surface area contributed by atoms with Gasteiger partial charge in [0.2, 0.25) is 0 Å². The van der Waals surface area contributed by atoms with E-state index in [0.717, 1.165) is 5.56 Å². The summed E-state index contributed by atoms with van der Waals surface area (Å²) in [5, 5.41) is 13.9. The smallest absolute Gasteiger partial charge is 0.251 e. The SMILES string of the molecule is CCOc1ccc([C@H](CC(=O)[O-])NC(=O)c2cccc(C)c2)cc1OC. The fourth-order valence-electron chi connectivity index (χ4n) is 2.62. The van der Waals surface area contributed by atoms with Crippen LogP contribution in [0, 0.1) is 6.92 Å². The highest BCUT2D eigenvalue weighted by atomic mass is 16.5. The second-order valence-corrected chi connectivity index (χ2v) is 5.81. The molecular formula is C20H22NO5-. The first-order valence-electron chi connectivity index (χ1n) is 8.32. The Labute approximate surface area is 152 Å². The number of hydrogen-bond acceptors (Lipinski definition) is 5. The molecule has 2 aromatic rings. The van der Waals surface area contributed by atoms with Crippen molar-refractivity contribution in [1.29, 1.82) is 0 Å². The highest BCUT2D eigenvalue weighted by Crippen LogP contribution is 2.31. The lowest BCUT2D eigenvalue weighted by atomic mass is 10.0. The molecule has 0 spiro atoms. The van der Waals surface area contributed by atoms with Crippen molar-refractivity contribution in [3.8, 4) is 11.5 Å². The number of ether oxygens (including phenoxy) is 2. The molecule has 0 saturated heterocycles. The number of benzene rings is 2. The van der Waals surface area contributed by atoms with Gasteiger partial charge in [-0.25, -0.2) is 0 Å². The van der Waals surface area contributed by atoms with Gasteiger partial charge in [-0.15, -0.1) is 0 Å². The fourth-order valence-corrected chi connectivity index (χ4v) is 2.62. The molecular weight excluding hydrogens is 334 g/mol. The Balaban J connectivity index is 2.29. The van der Waals surface area contributed by atoms with Gasteiger partial charge in [0.05, 0.1) is 19.8 Å². The van der Waals surface area contributed by atoms with Gasteiger partial charge < -0.3 is 24.7 Å². The van der Waals surface area contributed by atoms with Gasteiger partial charge in [0.1, 0.15) is 0 Å². The first-order valence-corrected chi connectivity index (χ1v) is 8.32. The lowest BCUT2D eigenvalue weighted by Crippen LogP contribution is -2.34. The van der Waals surface area contributed by atoms with Gasteiger partial charge in [-0.3, -0.25) is 4.79 Å². The van der Waals surface area contributed by atoms with Crippen molar-refractivity contribution >= 4 is 11.9 Å². The minimum atomic E-state index is -1.26. The minimum absolute atomic E-state index is 0.352. The van der Waals surface area contributed by atoms with Gasteiger partial charge in [-0.1, -0.05) is 23.8 Å². The number of carboxylic acids is 1. The molecule has 1 N–H and O–H groups in total. The average molecular weight is 356 g/mol. The van der Waals surface area contributed by atoms with Crippen LogP contribution in [0.3, 0.4) is 0 Å². The number of hydrogen-bond donors (Lipinski definition) is 1. The lowest BCUT2D eigenvalue weighted by Gasteiger charge is -2.21. The Hall–Kier alpha value is -3.02. The van der Waals surface area contributed by atoms with Gasteiger partial charge in [0.15, 0.2) is 11.5 Å². The predicted molar refractivity (Wildman–Crippen MR) is 95.2 cm³/mol. The Morgan fingerprint density at radius 2 is 1.92 bits per heavy atom. The second kappa shape index (κ2) is 8.89. The topological polar surface area (TPSA) is 87.7 Å². The van der Waals surface area contributed by atoms with Crippen LogP contribution < -0.4 is 19.9 Å². The molecule has 1 amide bonds. The van der Waals surface area contributed by atoms with E-state index in [1.165, 1.54) is 7.11 Å². The maximum atomic E-state index is 12.5. The predicted octanol–water partition coefficient (Wildman–Crippen LogP) is 2.01. The van der Waals surface area contributed by atoms with E-state index in [9.17, 15) is 14.7 Å². The molecule has 0 saturated carbocycles. The number of aryl methyl sites for hydroxylation is 1. The maximum Gasteiger partial charge on any atom is 0.251 e. The van der Waals surface area contributed by atoms with Crippen molar-refractivity contribution < 1.29 is 24.2 Å². The number of aliphatic carboxylic acids is 1. The number of amides is 1. The summed E-state index contributed by atoms with van der Waals surface area (Å²) >= 11 is 0. The lowest BCUT2D eigenvalue weighted by molar-refractivity contribution is -0.306. The van der Waals surface area contributed by atoms with Gasteiger partial charge >= 0.3 is 0 Å². The van der Waals surface area contributed by atoms with E-state index in [2.05, 4.69) is 5.32 Å². The van der Waals surface area contributed by atoms with Crippen molar-refractivity contribution in [2.75, 3.05) is 13.7 Å². The molecule has 26 heavy (non-hydrogen) atoms. The summed E-state index contributed by atoms with van der Waals surface area (Å²) in [6.45, 7) is 4.21. The summed E-state index contributed by atoms with van der Waals surface area (Å²) < 4.78 is 10.8. The highest BCUT2D eigenvalue weighted by molar-refractivity contribution is 5.94. The average Bonchev–Trinajstić information content (AvgIpc) is 2.61. The van der Waals surface area contributed by atoms with Gasteiger partial charge in [-0.05, 0) is 43.7 Å². The van der Waals surface area contributed by atoms with Crippen molar-refractivity contribution in [3.05, 3.63) is 59.2 Å². The summed E-state index contributed by atoms with van der Waals surface area (Å²) in [4.78, 5) is 23.7. The number of carbonyl (C=O) groups is 2.